The molecule has 0 fully saturated rings. The summed E-state index contributed by atoms with van der Waals surface area (Å²) in [6.07, 6.45) is 1.48. The number of aryl methyl sites for hydroxylation is 3. The third kappa shape index (κ3) is 7.21. The van der Waals surface area contributed by atoms with Crippen LogP contribution >= 0.6 is 0 Å². The summed E-state index contributed by atoms with van der Waals surface area (Å²) < 4.78 is 11.4. The van der Waals surface area contributed by atoms with Gasteiger partial charge in [0.05, 0.1) is 6.61 Å². The smallest absolute Gasteiger partial charge is 0.266 e. The van der Waals surface area contributed by atoms with Gasteiger partial charge in [0.2, 0.25) is 0 Å². The summed E-state index contributed by atoms with van der Waals surface area (Å²) in [5.41, 5.74) is 4.88. The SMILES string of the molecule is CCOc1cc(/C=C(\C#N)C(=O)Nc2cccc(C)c2)ccc1OCC(=O)Nc1cc(C)ccc1C. The summed E-state index contributed by atoms with van der Waals surface area (Å²) in [5.74, 6) is -0.0193. The summed E-state index contributed by atoms with van der Waals surface area (Å²) >= 11 is 0. The Bertz CT molecular complexity index is 1340. The molecule has 7 heteroatoms. The minimum Gasteiger partial charge on any atom is -0.490 e. The molecule has 36 heavy (non-hydrogen) atoms. The van der Waals surface area contributed by atoms with Gasteiger partial charge in [-0.05, 0) is 86.4 Å². The van der Waals surface area contributed by atoms with Gasteiger partial charge in [-0.2, -0.15) is 5.26 Å². The molecule has 0 aliphatic rings. The summed E-state index contributed by atoms with van der Waals surface area (Å²) in [7, 11) is 0. The Balaban J connectivity index is 1.72. The van der Waals surface area contributed by atoms with E-state index in [1.54, 1.807) is 24.3 Å². The fraction of sp³-hybridized carbons (Fsp3) is 0.207. The third-order valence-corrected chi connectivity index (χ3v) is 5.25. The number of nitriles is 1. The van der Waals surface area contributed by atoms with E-state index in [-0.39, 0.29) is 18.1 Å². The molecule has 0 saturated heterocycles. The van der Waals surface area contributed by atoms with Gasteiger partial charge in [-0.25, -0.2) is 0 Å². The molecule has 0 aromatic heterocycles. The third-order valence-electron chi connectivity index (χ3n) is 5.25. The molecule has 3 rings (SSSR count). The van der Waals surface area contributed by atoms with Crippen LogP contribution in [0.1, 0.15) is 29.2 Å². The molecule has 2 amide bonds. The van der Waals surface area contributed by atoms with Crippen molar-refractivity contribution in [3.05, 3.63) is 88.5 Å². The number of nitrogens with one attached hydrogen (secondary N) is 2. The molecule has 184 valence electrons. The van der Waals surface area contributed by atoms with Gasteiger partial charge < -0.3 is 20.1 Å². The minimum absolute atomic E-state index is 0.0551. The van der Waals surface area contributed by atoms with E-state index in [0.717, 1.165) is 22.4 Å². The van der Waals surface area contributed by atoms with E-state index in [2.05, 4.69) is 10.6 Å². The second-order valence-corrected chi connectivity index (χ2v) is 8.29. The number of amides is 2. The van der Waals surface area contributed by atoms with Crippen LogP contribution in [0.15, 0.2) is 66.2 Å². The van der Waals surface area contributed by atoms with Gasteiger partial charge in [-0.3, -0.25) is 9.59 Å². The van der Waals surface area contributed by atoms with Crippen LogP contribution in [0.4, 0.5) is 11.4 Å². The number of hydrogen-bond acceptors (Lipinski definition) is 5. The molecule has 0 atom stereocenters. The van der Waals surface area contributed by atoms with E-state index >= 15 is 0 Å². The van der Waals surface area contributed by atoms with Gasteiger partial charge in [-0.1, -0.05) is 30.3 Å². The van der Waals surface area contributed by atoms with Gasteiger partial charge in [0, 0.05) is 11.4 Å². The quantitative estimate of drug-likeness (QED) is 0.306. The molecule has 0 aliphatic carbocycles. The molecule has 3 aromatic carbocycles. The van der Waals surface area contributed by atoms with Crippen LogP contribution in [-0.4, -0.2) is 25.0 Å². The van der Waals surface area contributed by atoms with Gasteiger partial charge >= 0.3 is 0 Å². The van der Waals surface area contributed by atoms with Crippen molar-refractivity contribution in [2.24, 2.45) is 0 Å². The molecular weight excluding hydrogens is 454 g/mol. The number of rotatable bonds is 9. The zero-order valence-corrected chi connectivity index (χ0v) is 20.8. The van der Waals surface area contributed by atoms with Crippen molar-refractivity contribution < 1.29 is 19.1 Å². The largest absolute Gasteiger partial charge is 0.490 e. The Morgan fingerprint density at radius 1 is 0.917 bits per heavy atom. The number of benzene rings is 3. The second kappa shape index (κ2) is 12.2. The highest BCUT2D eigenvalue weighted by Gasteiger charge is 2.13. The first-order valence-corrected chi connectivity index (χ1v) is 11.6. The lowest BCUT2D eigenvalue weighted by Crippen LogP contribution is -2.21. The predicted octanol–water partition coefficient (Wildman–Crippen LogP) is 5.57. The van der Waals surface area contributed by atoms with Crippen molar-refractivity contribution in [2.75, 3.05) is 23.8 Å². The number of ether oxygens (including phenoxy) is 2. The predicted molar refractivity (Wildman–Crippen MR) is 141 cm³/mol. The van der Waals surface area contributed by atoms with E-state index in [4.69, 9.17) is 9.47 Å². The molecule has 0 radical (unpaired) electrons. The average Bonchev–Trinajstić information content (AvgIpc) is 2.84. The molecule has 0 aliphatic heterocycles. The zero-order valence-electron chi connectivity index (χ0n) is 20.8. The van der Waals surface area contributed by atoms with Crippen LogP contribution in [0.25, 0.3) is 6.08 Å². The summed E-state index contributed by atoms with van der Waals surface area (Å²) in [6.45, 7) is 7.80. The van der Waals surface area contributed by atoms with Crippen molar-refractivity contribution in [2.45, 2.75) is 27.7 Å². The van der Waals surface area contributed by atoms with E-state index in [1.165, 1.54) is 6.08 Å². The fourth-order valence-corrected chi connectivity index (χ4v) is 3.44. The highest BCUT2D eigenvalue weighted by molar-refractivity contribution is 6.09. The summed E-state index contributed by atoms with van der Waals surface area (Å²) in [4.78, 5) is 25.1. The fourth-order valence-electron chi connectivity index (χ4n) is 3.44. The van der Waals surface area contributed by atoms with E-state index in [0.29, 0.717) is 29.4 Å². The monoisotopic (exact) mass is 483 g/mol. The first-order valence-electron chi connectivity index (χ1n) is 11.6. The first kappa shape index (κ1) is 26.0. The van der Waals surface area contributed by atoms with Crippen LogP contribution in [0.2, 0.25) is 0 Å². The van der Waals surface area contributed by atoms with Crippen LogP contribution in [0.3, 0.4) is 0 Å². The van der Waals surface area contributed by atoms with E-state index < -0.39 is 5.91 Å². The van der Waals surface area contributed by atoms with Crippen LogP contribution in [0, 0.1) is 32.1 Å². The Labute approximate surface area is 211 Å². The number of carbonyl (C=O) groups is 2. The highest BCUT2D eigenvalue weighted by atomic mass is 16.5. The van der Waals surface area contributed by atoms with Crippen LogP contribution in [-0.2, 0) is 9.59 Å². The van der Waals surface area contributed by atoms with Gasteiger partial charge in [0.1, 0.15) is 11.6 Å². The lowest BCUT2D eigenvalue weighted by molar-refractivity contribution is -0.118. The topological polar surface area (TPSA) is 100 Å². The lowest BCUT2D eigenvalue weighted by Gasteiger charge is -2.14. The second-order valence-electron chi connectivity index (χ2n) is 8.29. The van der Waals surface area contributed by atoms with Gasteiger partial charge in [0.15, 0.2) is 18.1 Å². The van der Waals surface area contributed by atoms with Crippen molar-refractivity contribution in [1.29, 1.82) is 5.26 Å². The van der Waals surface area contributed by atoms with Crippen molar-refractivity contribution in [1.82, 2.24) is 0 Å². The molecule has 0 spiro atoms. The molecule has 3 aromatic rings. The summed E-state index contributed by atoms with van der Waals surface area (Å²) in [6, 6.07) is 20.1. The van der Waals surface area contributed by atoms with Gasteiger partial charge in [0.25, 0.3) is 11.8 Å². The maximum absolute atomic E-state index is 12.6. The normalized spacial score (nSPS) is 10.8. The van der Waals surface area contributed by atoms with Crippen LogP contribution < -0.4 is 20.1 Å². The summed E-state index contributed by atoms with van der Waals surface area (Å²) in [5, 5.41) is 15.1. The Morgan fingerprint density at radius 2 is 1.69 bits per heavy atom. The highest BCUT2D eigenvalue weighted by Crippen LogP contribution is 2.29. The number of carbonyl (C=O) groups excluding carboxylic acids is 2. The van der Waals surface area contributed by atoms with Gasteiger partial charge in [-0.15, -0.1) is 0 Å². The van der Waals surface area contributed by atoms with Crippen molar-refractivity contribution >= 4 is 29.3 Å². The Kier molecular flexibility index (Phi) is 8.84. The molecular formula is C29H29N3O4. The number of anilines is 2. The Morgan fingerprint density at radius 3 is 2.42 bits per heavy atom. The molecule has 0 unspecified atom stereocenters. The molecule has 0 bridgehead atoms. The van der Waals surface area contributed by atoms with E-state index in [1.807, 2.05) is 70.2 Å². The van der Waals surface area contributed by atoms with Crippen molar-refractivity contribution in [3.8, 4) is 17.6 Å². The molecule has 7 nitrogen and oxygen atoms in total. The van der Waals surface area contributed by atoms with Crippen LogP contribution in [0.5, 0.6) is 11.5 Å². The maximum Gasteiger partial charge on any atom is 0.266 e. The number of hydrogen-bond donors (Lipinski definition) is 2. The van der Waals surface area contributed by atoms with Crippen molar-refractivity contribution in [3.63, 3.8) is 0 Å². The number of nitrogens with zero attached hydrogens (tertiary/aromatic N) is 1. The first-order chi connectivity index (χ1) is 17.3. The average molecular weight is 484 g/mol. The molecule has 0 heterocycles. The zero-order chi connectivity index (χ0) is 26.1. The molecule has 0 saturated carbocycles. The maximum atomic E-state index is 12.6. The molecule has 2 N–H and O–H groups in total. The lowest BCUT2D eigenvalue weighted by atomic mass is 10.1. The standard InChI is InChI=1S/C29H29N3O4/c1-5-35-27-16-22(15-23(17-30)29(34)31-24-8-6-7-19(2)13-24)11-12-26(27)36-18-28(33)32-25-14-20(3)9-10-21(25)4/h6-16H,5,18H2,1-4H3,(H,31,34)(H,32,33)/b23-15+. The van der Waals surface area contributed by atoms with E-state index in [9.17, 15) is 14.9 Å². The Hall–Kier alpha value is -4.57. The minimum atomic E-state index is -0.510.